The molecule has 2 aromatic carbocycles. The van der Waals surface area contributed by atoms with E-state index in [4.69, 9.17) is 4.74 Å². The highest BCUT2D eigenvalue weighted by molar-refractivity contribution is 7.89. The van der Waals surface area contributed by atoms with E-state index in [2.05, 4.69) is 23.3 Å². The van der Waals surface area contributed by atoms with Crippen LogP contribution in [0.25, 0.3) is 0 Å². The lowest BCUT2D eigenvalue weighted by Gasteiger charge is -2.36. The second kappa shape index (κ2) is 10.6. The zero-order chi connectivity index (χ0) is 25.0. The van der Waals surface area contributed by atoms with E-state index >= 15 is 0 Å². The summed E-state index contributed by atoms with van der Waals surface area (Å²) in [5.74, 6) is 0.379. The third kappa shape index (κ3) is 5.57. The van der Waals surface area contributed by atoms with Gasteiger partial charge in [0, 0.05) is 37.7 Å². The van der Waals surface area contributed by atoms with Gasteiger partial charge in [-0.25, -0.2) is 8.42 Å². The van der Waals surface area contributed by atoms with E-state index in [0.717, 1.165) is 17.7 Å². The second-order valence-corrected chi connectivity index (χ2v) is 10.9. The highest BCUT2D eigenvalue weighted by Crippen LogP contribution is 2.29. The predicted molar refractivity (Wildman–Crippen MR) is 133 cm³/mol. The molecule has 1 fully saturated rings. The molecule has 2 unspecified atom stereocenters. The van der Waals surface area contributed by atoms with Crippen molar-refractivity contribution in [2.75, 3.05) is 26.2 Å². The van der Waals surface area contributed by atoms with Gasteiger partial charge in [0.2, 0.25) is 15.9 Å². The molecule has 8 nitrogen and oxygen atoms in total. The number of para-hydroxylation sites is 1. The van der Waals surface area contributed by atoms with Crippen molar-refractivity contribution in [1.29, 1.82) is 0 Å². The summed E-state index contributed by atoms with van der Waals surface area (Å²) in [4.78, 5) is 24.3. The first-order chi connectivity index (χ1) is 16.8. The summed E-state index contributed by atoms with van der Waals surface area (Å²) in [5, 5.41) is 5.75. The number of rotatable bonds is 8. The molecule has 0 radical (unpaired) electrons. The van der Waals surface area contributed by atoms with Crippen molar-refractivity contribution in [3.63, 3.8) is 0 Å². The van der Waals surface area contributed by atoms with Gasteiger partial charge >= 0.3 is 0 Å². The summed E-state index contributed by atoms with van der Waals surface area (Å²) in [6, 6.07) is 12.0. The second-order valence-electron chi connectivity index (χ2n) is 8.98. The van der Waals surface area contributed by atoms with E-state index in [1.54, 1.807) is 0 Å². The minimum absolute atomic E-state index is 0.0382. The van der Waals surface area contributed by atoms with Crippen LogP contribution in [0.15, 0.2) is 60.0 Å². The van der Waals surface area contributed by atoms with E-state index in [1.807, 2.05) is 19.1 Å². The molecular weight excluding hydrogens is 466 g/mol. The summed E-state index contributed by atoms with van der Waals surface area (Å²) in [5.41, 5.74) is 2.67. The van der Waals surface area contributed by atoms with Crippen molar-refractivity contribution >= 4 is 21.8 Å². The van der Waals surface area contributed by atoms with Crippen LogP contribution in [0.5, 0.6) is 5.75 Å². The Morgan fingerprint density at radius 2 is 1.97 bits per heavy atom. The van der Waals surface area contributed by atoms with E-state index in [-0.39, 0.29) is 28.7 Å². The topological polar surface area (TPSA) is 105 Å². The minimum atomic E-state index is -3.70. The maximum Gasteiger partial charge on any atom is 0.251 e. The molecule has 0 spiro atoms. The van der Waals surface area contributed by atoms with Gasteiger partial charge in [0.25, 0.3) is 5.91 Å². The number of carbonyl (C=O) groups excluding carboxylic acids is 2. The number of nitrogens with one attached hydrogen (secondary N) is 2. The molecule has 0 saturated carbocycles. The lowest BCUT2D eigenvalue weighted by atomic mass is 9.95. The number of amides is 2. The number of benzene rings is 2. The van der Waals surface area contributed by atoms with Crippen molar-refractivity contribution in [3.8, 4) is 5.75 Å². The molecular formula is C26H31N3O5S. The van der Waals surface area contributed by atoms with Crippen LogP contribution in [0.3, 0.4) is 0 Å². The number of hydrogen-bond donors (Lipinski definition) is 2. The molecule has 2 amide bonds. The van der Waals surface area contributed by atoms with Gasteiger partial charge in [0.15, 0.2) is 0 Å². The Balaban J connectivity index is 1.33. The van der Waals surface area contributed by atoms with Crippen molar-refractivity contribution in [2.45, 2.75) is 37.1 Å². The quantitative estimate of drug-likeness (QED) is 0.545. The Kier molecular flexibility index (Phi) is 7.57. The van der Waals surface area contributed by atoms with Crippen molar-refractivity contribution in [2.24, 2.45) is 5.92 Å². The van der Waals surface area contributed by atoms with Crippen LogP contribution in [-0.4, -0.2) is 56.8 Å². The normalized spacial score (nSPS) is 19.9. The molecule has 2 aliphatic heterocycles. The summed E-state index contributed by atoms with van der Waals surface area (Å²) < 4.78 is 33.4. The zero-order valence-electron chi connectivity index (χ0n) is 19.8. The summed E-state index contributed by atoms with van der Waals surface area (Å²) in [6.07, 6.45) is 3.31. The van der Waals surface area contributed by atoms with E-state index in [0.29, 0.717) is 44.6 Å². The smallest absolute Gasteiger partial charge is 0.251 e. The van der Waals surface area contributed by atoms with Gasteiger partial charge in [0.05, 0.1) is 11.5 Å². The molecule has 2 aromatic rings. The number of ether oxygens (including phenoxy) is 1. The average Bonchev–Trinajstić information content (AvgIpc) is 3.35. The van der Waals surface area contributed by atoms with Gasteiger partial charge in [0.1, 0.15) is 5.75 Å². The fraction of sp³-hybridized carbons (Fsp3) is 0.385. The molecule has 186 valence electrons. The Morgan fingerprint density at radius 3 is 2.69 bits per heavy atom. The standard InChI is InChI=1S/C26H31N3O5S/c1-3-24(30)28-23-12-15-29(17-18(23)2)35(32,33)22-9-7-21(8-10-22)26(31)27-14-11-19-5-4-6-20-13-16-34-25(19)20/h3-10,18,23H,1,11-17H2,2H3,(H,27,31)(H,28,30). The van der Waals surface area contributed by atoms with E-state index in [1.165, 1.54) is 40.2 Å². The Labute approximate surface area is 206 Å². The fourth-order valence-electron chi connectivity index (χ4n) is 4.60. The number of nitrogens with zero attached hydrogens (tertiary/aromatic N) is 1. The first-order valence-corrected chi connectivity index (χ1v) is 13.3. The van der Waals surface area contributed by atoms with Gasteiger partial charge in [-0.05, 0) is 60.2 Å². The molecule has 2 aliphatic rings. The number of sulfonamides is 1. The first kappa shape index (κ1) is 24.9. The van der Waals surface area contributed by atoms with Crippen LogP contribution in [-0.2, 0) is 27.7 Å². The van der Waals surface area contributed by atoms with Crippen LogP contribution >= 0.6 is 0 Å². The molecule has 4 rings (SSSR count). The van der Waals surface area contributed by atoms with Gasteiger partial charge in [-0.3, -0.25) is 9.59 Å². The number of piperidine rings is 1. The predicted octanol–water partition coefficient (Wildman–Crippen LogP) is 2.30. The Bertz CT molecular complexity index is 1210. The van der Waals surface area contributed by atoms with Crippen LogP contribution in [0.2, 0.25) is 0 Å². The van der Waals surface area contributed by atoms with E-state index in [9.17, 15) is 18.0 Å². The molecule has 0 bridgehead atoms. The molecule has 0 aliphatic carbocycles. The molecule has 9 heteroatoms. The number of fused-ring (bicyclic) bond motifs is 1. The van der Waals surface area contributed by atoms with E-state index < -0.39 is 10.0 Å². The third-order valence-corrected chi connectivity index (χ3v) is 8.49. The van der Waals surface area contributed by atoms with Gasteiger partial charge in [-0.15, -0.1) is 0 Å². The third-order valence-electron chi connectivity index (χ3n) is 6.61. The molecule has 2 heterocycles. The van der Waals surface area contributed by atoms with Crippen LogP contribution in [0, 0.1) is 5.92 Å². The van der Waals surface area contributed by atoms with Crippen LogP contribution in [0.4, 0.5) is 0 Å². The SMILES string of the molecule is C=CC(=O)NC1CCN(S(=O)(=O)c2ccc(C(=O)NCCc3cccc4c3OCC4)cc2)CC1C. The van der Waals surface area contributed by atoms with Crippen LogP contribution < -0.4 is 15.4 Å². The van der Waals surface area contributed by atoms with Gasteiger partial charge < -0.3 is 15.4 Å². The maximum atomic E-state index is 13.1. The van der Waals surface area contributed by atoms with Crippen molar-refractivity contribution in [1.82, 2.24) is 14.9 Å². The first-order valence-electron chi connectivity index (χ1n) is 11.8. The number of hydrogen-bond acceptors (Lipinski definition) is 5. The lowest BCUT2D eigenvalue weighted by Crippen LogP contribution is -2.51. The molecule has 2 N–H and O–H groups in total. The van der Waals surface area contributed by atoms with Gasteiger partial charge in [-0.1, -0.05) is 31.7 Å². The van der Waals surface area contributed by atoms with Crippen molar-refractivity contribution < 1.29 is 22.7 Å². The monoisotopic (exact) mass is 497 g/mol. The Morgan fingerprint density at radius 1 is 1.20 bits per heavy atom. The molecule has 2 atom stereocenters. The summed E-state index contributed by atoms with van der Waals surface area (Å²) in [7, 11) is -3.70. The highest BCUT2D eigenvalue weighted by Gasteiger charge is 2.34. The Hall–Kier alpha value is -3.17. The molecule has 1 saturated heterocycles. The van der Waals surface area contributed by atoms with Crippen LogP contribution in [0.1, 0.15) is 34.8 Å². The highest BCUT2D eigenvalue weighted by atomic mass is 32.2. The summed E-state index contributed by atoms with van der Waals surface area (Å²) in [6.45, 7) is 7.13. The average molecular weight is 498 g/mol. The zero-order valence-corrected chi connectivity index (χ0v) is 20.6. The lowest BCUT2D eigenvalue weighted by molar-refractivity contribution is -0.117. The van der Waals surface area contributed by atoms with Gasteiger partial charge in [-0.2, -0.15) is 4.31 Å². The number of carbonyl (C=O) groups is 2. The molecule has 0 aromatic heterocycles. The largest absolute Gasteiger partial charge is 0.493 e. The summed E-state index contributed by atoms with van der Waals surface area (Å²) >= 11 is 0. The molecule has 35 heavy (non-hydrogen) atoms. The van der Waals surface area contributed by atoms with Crippen molar-refractivity contribution in [3.05, 3.63) is 71.8 Å². The maximum absolute atomic E-state index is 13.1. The minimum Gasteiger partial charge on any atom is -0.493 e. The fourth-order valence-corrected chi connectivity index (χ4v) is 6.16.